The Labute approximate surface area is 134 Å². The molecule has 0 fully saturated rings. The summed E-state index contributed by atoms with van der Waals surface area (Å²) in [6, 6.07) is 14.5. The third kappa shape index (κ3) is 2.34. The first-order valence-electron chi connectivity index (χ1n) is 7.79. The summed E-state index contributed by atoms with van der Waals surface area (Å²) < 4.78 is 1.89. The highest BCUT2D eigenvalue weighted by Crippen LogP contribution is 2.21. The average Bonchev–Trinajstić information content (AvgIpc) is 3.21. The molecule has 5 nitrogen and oxygen atoms in total. The number of benzene rings is 2. The van der Waals surface area contributed by atoms with E-state index in [0.717, 1.165) is 41.0 Å². The second-order valence-corrected chi connectivity index (χ2v) is 5.69. The summed E-state index contributed by atoms with van der Waals surface area (Å²) in [6.45, 7) is 4.98. The van der Waals surface area contributed by atoms with E-state index in [1.807, 2.05) is 22.9 Å². The van der Waals surface area contributed by atoms with Gasteiger partial charge < -0.3 is 0 Å². The number of nitrogens with zero attached hydrogens (tertiary/aromatic N) is 5. The fraction of sp³-hybridized carbons (Fsp3) is 0.222. The fourth-order valence-electron chi connectivity index (χ4n) is 2.94. The van der Waals surface area contributed by atoms with Crippen molar-refractivity contribution in [1.82, 2.24) is 15.0 Å². The maximum Gasteiger partial charge on any atom is 0.113 e. The van der Waals surface area contributed by atoms with E-state index in [-0.39, 0.29) is 0 Å². The summed E-state index contributed by atoms with van der Waals surface area (Å²) in [4.78, 5) is 0. The number of rotatable bonds is 3. The first kappa shape index (κ1) is 13.8. The molecule has 0 bridgehead atoms. The van der Waals surface area contributed by atoms with Crippen molar-refractivity contribution in [2.24, 2.45) is 10.2 Å². The van der Waals surface area contributed by atoms with Crippen LogP contribution in [0.1, 0.15) is 30.0 Å². The van der Waals surface area contributed by atoms with E-state index >= 15 is 0 Å². The van der Waals surface area contributed by atoms with Gasteiger partial charge in [-0.15, -0.1) is 5.10 Å². The zero-order chi connectivity index (χ0) is 15.8. The van der Waals surface area contributed by atoms with Crippen LogP contribution in [0.4, 0.5) is 0 Å². The SMILES string of the molecule is CCn1nnc2cc(C3=NN=C(c4ccccc4C)C3)ccc21. The average molecular weight is 303 g/mol. The Kier molecular flexibility index (Phi) is 3.26. The first-order valence-corrected chi connectivity index (χ1v) is 7.79. The van der Waals surface area contributed by atoms with Gasteiger partial charge in [0.1, 0.15) is 5.52 Å². The lowest BCUT2D eigenvalue weighted by Gasteiger charge is -2.05. The summed E-state index contributed by atoms with van der Waals surface area (Å²) in [5.41, 5.74) is 7.42. The van der Waals surface area contributed by atoms with Crippen LogP contribution in [0.5, 0.6) is 0 Å². The third-order valence-corrected chi connectivity index (χ3v) is 4.23. The molecule has 0 spiro atoms. The number of hydrogen-bond donors (Lipinski definition) is 0. The molecule has 0 atom stereocenters. The molecule has 0 saturated heterocycles. The summed E-state index contributed by atoms with van der Waals surface area (Å²) in [6.07, 6.45) is 0.748. The highest BCUT2D eigenvalue weighted by molar-refractivity contribution is 6.21. The van der Waals surface area contributed by atoms with Crippen molar-refractivity contribution in [3.05, 3.63) is 59.2 Å². The van der Waals surface area contributed by atoms with Crippen molar-refractivity contribution in [3.8, 4) is 0 Å². The van der Waals surface area contributed by atoms with Gasteiger partial charge in [0.2, 0.25) is 0 Å². The van der Waals surface area contributed by atoms with E-state index in [2.05, 4.69) is 58.6 Å². The molecule has 1 aromatic heterocycles. The molecular formula is C18H17N5. The van der Waals surface area contributed by atoms with Crippen molar-refractivity contribution in [1.29, 1.82) is 0 Å². The highest BCUT2D eigenvalue weighted by atomic mass is 15.4. The predicted octanol–water partition coefficient (Wildman–Crippen LogP) is 3.36. The normalized spacial score (nSPS) is 14.2. The van der Waals surface area contributed by atoms with Crippen LogP contribution in [0.15, 0.2) is 52.7 Å². The molecule has 0 amide bonds. The van der Waals surface area contributed by atoms with Gasteiger partial charge in [0, 0.05) is 24.1 Å². The highest BCUT2D eigenvalue weighted by Gasteiger charge is 2.18. The van der Waals surface area contributed by atoms with Gasteiger partial charge in [-0.1, -0.05) is 35.5 Å². The van der Waals surface area contributed by atoms with E-state index in [0.29, 0.717) is 0 Å². The number of hydrogen-bond acceptors (Lipinski definition) is 4. The van der Waals surface area contributed by atoms with Crippen molar-refractivity contribution in [3.63, 3.8) is 0 Å². The molecule has 0 unspecified atom stereocenters. The molecule has 2 heterocycles. The van der Waals surface area contributed by atoms with Crippen molar-refractivity contribution < 1.29 is 0 Å². The maximum absolute atomic E-state index is 4.39. The smallest absolute Gasteiger partial charge is 0.113 e. The zero-order valence-corrected chi connectivity index (χ0v) is 13.2. The minimum atomic E-state index is 0.748. The molecule has 2 aromatic carbocycles. The Morgan fingerprint density at radius 1 is 1.04 bits per heavy atom. The van der Waals surface area contributed by atoms with E-state index in [1.165, 1.54) is 11.1 Å². The molecule has 114 valence electrons. The van der Waals surface area contributed by atoms with Crippen LogP contribution in [-0.4, -0.2) is 26.4 Å². The Balaban J connectivity index is 1.63. The van der Waals surface area contributed by atoms with E-state index in [1.54, 1.807) is 0 Å². The molecular weight excluding hydrogens is 286 g/mol. The van der Waals surface area contributed by atoms with Crippen LogP contribution < -0.4 is 0 Å². The lowest BCUT2D eigenvalue weighted by Crippen LogP contribution is -2.06. The van der Waals surface area contributed by atoms with Gasteiger partial charge in [0.05, 0.1) is 16.9 Å². The van der Waals surface area contributed by atoms with Crippen molar-refractivity contribution >= 4 is 22.5 Å². The summed E-state index contributed by atoms with van der Waals surface area (Å²) in [7, 11) is 0. The molecule has 1 aliphatic heterocycles. The molecule has 4 rings (SSSR count). The Morgan fingerprint density at radius 2 is 1.87 bits per heavy atom. The minimum absolute atomic E-state index is 0.748. The van der Waals surface area contributed by atoms with E-state index in [4.69, 9.17) is 0 Å². The van der Waals surface area contributed by atoms with Gasteiger partial charge in [-0.3, -0.25) is 0 Å². The second-order valence-electron chi connectivity index (χ2n) is 5.69. The molecule has 3 aromatic rings. The lowest BCUT2D eigenvalue weighted by atomic mass is 9.98. The minimum Gasteiger partial charge on any atom is -0.245 e. The number of fused-ring (bicyclic) bond motifs is 1. The topological polar surface area (TPSA) is 55.4 Å². The predicted molar refractivity (Wildman–Crippen MR) is 92.1 cm³/mol. The van der Waals surface area contributed by atoms with Crippen LogP contribution in [0, 0.1) is 6.92 Å². The molecule has 0 aliphatic carbocycles. The van der Waals surface area contributed by atoms with Crippen LogP contribution >= 0.6 is 0 Å². The number of aryl methyl sites for hydroxylation is 2. The Hall–Kier alpha value is -2.82. The standard InChI is InChI=1S/C18H17N5/c1-3-23-18-9-8-13(10-17(18)21-22-23)15-11-16(20-19-15)14-7-5-4-6-12(14)2/h4-10H,3,11H2,1-2H3. The van der Waals surface area contributed by atoms with Gasteiger partial charge in [-0.25, -0.2) is 4.68 Å². The second kappa shape index (κ2) is 5.43. The summed E-state index contributed by atoms with van der Waals surface area (Å²) in [5, 5.41) is 17.2. The molecule has 5 heteroatoms. The maximum atomic E-state index is 4.39. The molecule has 23 heavy (non-hydrogen) atoms. The van der Waals surface area contributed by atoms with E-state index < -0.39 is 0 Å². The molecule has 0 N–H and O–H groups in total. The van der Waals surface area contributed by atoms with Gasteiger partial charge in [0.25, 0.3) is 0 Å². The molecule has 0 radical (unpaired) electrons. The van der Waals surface area contributed by atoms with Gasteiger partial charge >= 0.3 is 0 Å². The quantitative estimate of drug-likeness (QED) is 0.745. The van der Waals surface area contributed by atoms with Crippen molar-refractivity contribution in [2.45, 2.75) is 26.8 Å². The summed E-state index contributed by atoms with van der Waals surface area (Å²) in [5.74, 6) is 0. The van der Waals surface area contributed by atoms with Gasteiger partial charge in [0.15, 0.2) is 0 Å². The van der Waals surface area contributed by atoms with Crippen LogP contribution in [0.3, 0.4) is 0 Å². The monoisotopic (exact) mass is 303 g/mol. The Bertz CT molecular complexity index is 949. The zero-order valence-electron chi connectivity index (χ0n) is 13.2. The van der Waals surface area contributed by atoms with Crippen molar-refractivity contribution in [2.75, 3.05) is 0 Å². The Morgan fingerprint density at radius 3 is 2.70 bits per heavy atom. The van der Waals surface area contributed by atoms with Gasteiger partial charge in [-0.2, -0.15) is 10.2 Å². The van der Waals surface area contributed by atoms with Crippen LogP contribution in [0.25, 0.3) is 11.0 Å². The third-order valence-electron chi connectivity index (χ3n) is 4.23. The summed E-state index contributed by atoms with van der Waals surface area (Å²) >= 11 is 0. The first-order chi connectivity index (χ1) is 11.3. The van der Waals surface area contributed by atoms with E-state index in [9.17, 15) is 0 Å². The lowest BCUT2D eigenvalue weighted by molar-refractivity contribution is 0.646. The van der Waals surface area contributed by atoms with Crippen LogP contribution in [-0.2, 0) is 6.54 Å². The molecule has 0 saturated carbocycles. The fourth-order valence-corrected chi connectivity index (χ4v) is 2.94. The number of aromatic nitrogens is 3. The van der Waals surface area contributed by atoms with Crippen LogP contribution in [0.2, 0.25) is 0 Å². The molecule has 1 aliphatic rings. The van der Waals surface area contributed by atoms with Gasteiger partial charge in [-0.05, 0) is 31.5 Å². The largest absolute Gasteiger partial charge is 0.245 e.